The van der Waals surface area contributed by atoms with Crippen LogP contribution in [0.15, 0.2) is 46.5 Å². The number of sulfonamides is 1. The van der Waals surface area contributed by atoms with Crippen LogP contribution in [-0.2, 0) is 15.8 Å². The van der Waals surface area contributed by atoms with Crippen molar-refractivity contribution in [3.05, 3.63) is 52.9 Å². The van der Waals surface area contributed by atoms with Gasteiger partial charge >= 0.3 is 0 Å². The molecule has 0 spiro atoms. The third kappa shape index (κ3) is 4.55. The van der Waals surface area contributed by atoms with Gasteiger partial charge in [-0.25, -0.2) is 17.8 Å². The Morgan fingerprint density at radius 1 is 1.19 bits per heavy atom. The predicted molar refractivity (Wildman–Crippen MR) is 101 cm³/mol. The first-order valence-electron chi connectivity index (χ1n) is 8.08. The molecule has 1 aliphatic rings. The number of piperazine rings is 1. The Balaban J connectivity index is 1.66. The number of nitrogens with zero attached hydrogens (tertiary/aromatic N) is 3. The first-order valence-corrected chi connectivity index (χ1v) is 10.9. The van der Waals surface area contributed by atoms with Crippen molar-refractivity contribution in [3.8, 4) is 0 Å². The van der Waals surface area contributed by atoms with Crippen LogP contribution in [0.3, 0.4) is 0 Å². The second-order valence-corrected chi connectivity index (χ2v) is 9.40. The molecular weight excluding hydrogens is 397 g/mol. The smallest absolute Gasteiger partial charge is 0.244 e. The van der Waals surface area contributed by atoms with Gasteiger partial charge in [-0.2, -0.15) is 4.31 Å². The second kappa shape index (κ2) is 8.22. The lowest BCUT2D eigenvalue weighted by Gasteiger charge is -2.31. The maximum atomic E-state index is 13.1. The molecule has 140 valence electrons. The van der Waals surface area contributed by atoms with Crippen LogP contribution in [-0.4, -0.2) is 55.8 Å². The first-order chi connectivity index (χ1) is 12.4. The van der Waals surface area contributed by atoms with E-state index in [1.54, 1.807) is 18.2 Å². The Hall–Kier alpha value is -1.19. The highest BCUT2D eigenvalue weighted by Gasteiger charge is 2.27. The van der Waals surface area contributed by atoms with Gasteiger partial charge in [0.05, 0.1) is 5.03 Å². The van der Waals surface area contributed by atoms with Crippen LogP contribution >= 0.6 is 23.4 Å². The summed E-state index contributed by atoms with van der Waals surface area (Å²) in [5, 5.41) is 1.05. The molecule has 0 unspecified atom stereocenters. The zero-order chi connectivity index (χ0) is 18.7. The summed E-state index contributed by atoms with van der Waals surface area (Å²) in [7, 11) is -1.53. The van der Waals surface area contributed by atoms with Crippen molar-refractivity contribution >= 4 is 33.4 Å². The zero-order valence-electron chi connectivity index (χ0n) is 14.2. The summed E-state index contributed by atoms with van der Waals surface area (Å²) in [6.45, 7) is 2.41. The van der Waals surface area contributed by atoms with E-state index in [1.807, 2.05) is 7.05 Å². The summed E-state index contributed by atoms with van der Waals surface area (Å²) in [5.74, 6) is 0.150. The van der Waals surface area contributed by atoms with Crippen LogP contribution in [0.2, 0.25) is 5.02 Å². The van der Waals surface area contributed by atoms with Gasteiger partial charge in [0.15, 0.2) is 0 Å². The Morgan fingerprint density at radius 3 is 2.54 bits per heavy atom. The van der Waals surface area contributed by atoms with Crippen LogP contribution in [0.25, 0.3) is 0 Å². The fourth-order valence-electron chi connectivity index (χ4n) is 2.57. The van der Waals surface area contributed by atoms with E-state index >= 15 is 0 Å². The molecule has 1 aliphatic heterocycles. The number of pyridine rings is 1. The number of thioether (sulfide) groups is 1. The SMILES string of the molecule is CN1CCN(S(=O)(=O)c2ccc(SCc3ccc(F)cc3Cl)nc2)CC1. The van der Waals surface area contributed by atoms with E-state index < -0.39 is 10.0 Å². The van der Waals surface area contributed by atoms with Crippen LogP contribution in [0.4, 0.5) is 4.39 Å². The molecule has 1 aromatic carbocycles. The number of rotatable bonds is 5. The number of likely N-dealkylation sites (N-methyl/N-ethyl adjacent to an activating group) is 1. The minimum atomic E-state index is -3.51. The monoisotopic (exact) mass is 415 g/mol. The van der Waals surface area contributed by atoms with Crippen molar-refractivity contribution in [2.75, 3.05) is 33.2 Å². The maximum absolute atomic E-state index is 13.1. The lowest BCUT2D eigenvalue weighted by molar-refractivity contribution is 0.222. The first kappa shape index (κ1) is 19.6. The lowest BCUT2D eigenvalue weighted by Crippen LogP contribution is -2.47. The highest BCUT2D eigenvalue weighted by atomic mass is 35.5. The van der Waals surface area contributed by atoms with Gasteiger partial charge in [-0.05, 0) is 36.9 Å². The summed E-state index contributed by atoms with van der Waals surface area (Å²) < 4.78 is 39.9. The number of halogens is 2. The average Bonchev–Trinajstić information content (AvgIpc) is 2.62. The molecule has 1 aromatic heterocycles. The highest BCUT2D eigenvalue weighted by Crippen LogP contribution is 2.27. The van der Waals surface area contributed by atoms with E-state index in [0.29, 0.717) is 28.9 Å². The average molecular weight is 416 g/mol. The summed E-state index contributed by atoms with van der Waals surface area (Å²) in [6.07, 6.45) is 1.39. The lowest BCUT2D eigenvalue weighted by atomic mass is 10.2. The largest absolute Gasteiger partial charge is 0.304 e. The van der Waals surface area contributed by atoms with Gasteiger partial charge in [0, 0.05) is 43.2 Å². The molecule has 1 fully saturated rings. The van der Waals surface area contributed by atoms with Crippen molar-refractivity contribution in [3.63, 3.8) is 0 Å². The normalized spacial score (nSPS) is 16.7. The fraction of sp³-hybridized carbons (Fsp3) is 0.353. The van der Waals surface area contributed by atoms with E-state index in [0.717, 1.165) is 18.7 Å². The summed E-state index contributed by atoms with van der Waals surface area (Å²) in [5.41, 5.74) is 0.800. The Kier molecular flexibility index (Phi) is 6.19. The minimum absolute atomic E-state index is 0.200. The van der Waals surface area contributed by atoms with Crippen molar-refractivity contribution in [2.45, 2.75) is 15.7 Å². The molecule has 0 radical (unpaired) electrons. The fourth-order valence-corrected chi connectivity index (χ4v) is 5.10. The quantitative estimate of drug-likeness (QED) is 0.702. The van der Waals surface area contributed by atoms with Crippen molar-refractivity contribution < 1.29 is 12.8 Å². The van der Waals surface area contributed by atoms with Crippen LogP contribution < -0.4 is 0 Å². The summed E-state index contributed by atoms with van der Waals surface area (Å²) in [4.78, 5) is 6.55. The highest BCUT2D eigenvalue weighted by molar-refractivity contribution is 7.98. The van der Waals surface area contributed by atoms with Gasteiger partial charge in [0.25, 0.3) is 0 Å². The van der Waals surface area contributed by atoms with E-state index in [2.05, 4.69) is 9.88 Å². The van der Waals surface area contributed by atoms with E-state index in [-0.39, 0.29) is 10.7 Å². The van der Waals surface area contributed by atoms with Crippen molar-refractivity contribution in [1.29, 1.82) is 0 Å². The molecule has 0 amide bonds. The molecule has 0 atom stereocenters. The Morgan fingerprint density at radius 2 is 1.92 bits per heavy atom. The molecular formula is C17H19ClFN3O2S2. The maximum Gasteiger partial charge on any atom is 0.244 e. The Bertz CT molecular complexity index is 870. The second-order valence-electron chi connectivity index (χ2n) is 6.06. The molecule has 1 saturated heterocycles. The molecule has 9 heteroatoms. The van der Waals surface area contributed by atoms with Crippen molar-refractivity contribution in [2.24, 2.45) is 0 Å². The van der Waals surface area contributed by atoms with Gasteiger partial charge in [0.2, 0.25) is 10.0 Å². The number of hydrogen-bond donors (Lipinski definition) is 0. The summed E-state index contributed by atoms with van der Waals surface area (Å²) in [6, 6.07) is 7.54. The summed E-state index contributed by atoms with van der Waals surface area (Å²) >= 11 is 7.43. The van der Waals surface area contributed by atoms with Gasteiger partial charge in [-0.3, -0.25) is 0 Å². The molecule has 0 N–H and O–H groups in total. The number of benzene rings is 1. The standard InChI is InChI=1S/C17H19ClFN3O2S2/c1-21-6-8-22(9-7-21)26(23,24)15-4-5-17(20-11-15)25-12-13-2-3-14(19)10-16(13)18/h2-5,10-11H,6-9,12H2,1H3. The molecule has 0 saturated carbocycles. The van der Waals surface area contributed by atoms with Crippen molar-refractivity contribution in [1.82, 2.24) is 14.2 Å². The molecule has 26 heavy (non-hydrogen) atoms. The van der Waals surface area contributed by atoms with Crippen LogP contribution in [0.1, 0.15) is 5.56 Å². The number of hydrogen-bond acceptors (Lipinski definition) is 5. The third-order valence-electron chi connectivity index (χ3n) is 4.20. The van der Waals surface area contributed by atoms with Gasteiger partial charge in [-0.1, -0.05) is 17.7 Å². The molecule has 0 bridgehead atoms. The Labute approximate surface area is 162 Å². The van der Waals surface area contributed by atoms with Gasteiger partial charge in [0.1, 0.15) is 10.7 Å². The predicted octanol–water partition coefficient (Wildman–Crippen LogP) is 3.10. The van der Waals surface area contributed by atoms with Crippen LogP contribution in [0, 0.1) is 5.82 Å². The number of aromatic nitrogens is 1. The van der Waals surface area contributed by atoms with E-state index in [1.165, 1.54) is 34.4 Å². The van der Waals surface area contributed by atoms with Gasteiger partial charge < -0.3 is 4.90 Å². The minimum Gasteiger partial charge on any atom is -0.304 e. The van der Waals surface area contributed by atoms with Gasteiger partial charge in [-0.15, -0.1) is 11.8 Å². The topological polar surface area (TPSA) is 53.5 Å². The zero-order valence-corrected chi connectivity index (χ0v) is 16.6. The molecule has 2 aromatic rings. The van der Waals surface area contributed by atoms with Crippen LogP contribution in [0.5, 0.6) is 0 Å². The van der Waals surface area contributed by atoms with E-state index in [4.69, 9.17) is 11.6 Å². The molecule has 3 rings (SSSR count). The molecule has 5 nitrogen and oxygen atoms in total. The molecule has 0 aliphatic carbocycles. The van der Waals surface area contributed by atoms with E-state index in [9.17, 15) is 12.8 Å². The third-order valence-corrected chi connectivity index (χ3v) is 7.43. The molecule has 2 heterocycles.